The summed E-state index contributed by atoms with van der Waals surface area (Å²) >= 11 is 18.6. The minimum atomic E-state index is -0.213. The summed E-state index contributed by atoms with van der Waals surface area (Å²) in [6.45, 7) is 0. The Kier molecular flexibility index (Phi) is 6.29. The molecule has 3 aromatic carbocycles. The summed E-state index contributed by atoms with van der Waals surface area (Å²) in [5, 5.41) is 8.32. The number of carbonyl (C=O) groups excluding carboxylic acids is 1. The van der Waals surface area contributed by atoms with E-state index in [1.807, 2.05) is 60.7 Å². The van der Waals surface area contributed by atoms with Crippen LogP contribution in [0.3, 0.4) is 0 Å². The first-order valence-electron chi connectivity index (χ1n) is 10.9. The van der Waals surface area contributed by atoms with Crippen molar-refractivity contribution < 1.29 is 4.79 Å². The minimum absolute atomic E-state index is 0.102. The van der Waals surface area contributed by atoms with Crippen molar-refractivity contribution in [3.8, 4) is 0 Å². The van der Waals surface area contributed by atoms with Crippen LogP contribution in [0.5, 0.6) is 0 Å². The Morgan fingerprint density at radius 1 is 0.909 bits per heavy atom. The fourth-order valence-corrected chi connectivity index (χ4v) is 5.15. The van der Waals surface area contributed by atoms with Crippen molar-refractivity contribution in [3.05, 3.63) is 110 Å². The Bertz CT molecular complexity index is 1250. The summed E-state index contributed by atoms with van der Waals surface area (Å²) in [5.74, 6) is -0.0989. The van der Waals surface area contributed by atoms with E-state index in [0.29, 0.717) is 20.6 Å². The van der Waals surface area contributed by atoms with Gasteiger partial charge in [0.15, 0.2) is 0 Å². The molecule has 0 spiro atoms. The van der Waals surface area contributed by atoms with E-state index in [2.05, 4.69) is 6.08 Å². The maximum absolute atomic E-state index is 13.6. The molecule has 3 aromatic rings. The molecule has 166 valence electrons. The minimum Gasteiger partial charge on any atom is -0.267 e. The van der Waals surface area contributed by atoms with Gasteiger partial charge in [-0.1, -0.05) is 71.2 Å². The van der Waals surface area contributed by atoms with Crippen LogP contribution in [0.25, 0.3) is 6.08 Å². The highest BCUT2D eigenvalue weighted by Gasteiger charge is 2.44. The Labute approximate surface area is 208 Å². The third-order valence-corrected chi connectivity index (χ3v) is 7.07. The predicted octanol–water partition coefficient (Wildman–Crippen LogP) is 8.08. The molecule has 3 nitrogen and oxygen atoms in total. The smallest absolute Gasteiger partial charge is 0.267 e. The summed E-state index contributed by atoms with van der Waals surface area (Å²) in [7, 11) is 0. The third kappa shape index (κ3) is 4.46. The van der Waals surface area contributed by atoms with Crippen LogP contribution in [0.4, 0.5) is 0 Å². The first-order chi connectivity index (χ1) is 16.0. The van der Waals surface area contributed by atoms with Crippen molar-refractivity contribution in [2.45, 2.75) is 25.3 Å². The molecular formula is C27H21Cl3N2O. The largest absolute Gasteiger partial charge is 0.276 e. The highest BCUT2D eigenvalue weighted by atomic mass is 35.5. The third-order valence-electron chi connectivity index (χ3n) is 6.24. The van der Waals surface area contributed by atoms with Crippen molar-refractivity contribution in [2.75, 3.05) is 0 Å². The van der Waals surface area contributed by atoms with Crippen molar-refractivity contribution in [1.82, 2.24) is 5.01 Å². The van der Waals surface area contributed by atoms with Gasteiger partial charge < -0.3 is 0 Å². The summed E-state index contributed by atoms with van der Waals surface area (Å²) in [6, 6.07) is 22.3. The number of hydrazone groups is 1. The van der Waals surface area contributed by atoms with Gasteiger partial charge in [0.1, 0.15) is 0 Å². The van der Waals surface area contributed by atoms with E-state index >= 15 is 0 Å². The lowest BCUT2D eigenvalue weighted by molar-refractivity contribution is 0.0681. The van der Waals surface area contributed by atoms with Crippen LogP contribution in [0.15, 0.2) is 83.5 Å². The van der Waals surface area contributed by atoms with Gasteiger partial charge in [0.25, 0.3) is 5.91 Å². The first-order valence-corrected chi connectivity index (χ1v) is 12.0. The van der Waals surface area contributed by atoms with E-state index in [9.17, 15) is 4.79 Å². The zero-order chi connectivity index (χ0) is 22.9. The summed E-state index contributed by atoms with van der Waals surface area (Å²) < 4.78 is 0. The number of benzene rings is 3. The van der Waals surface area contributed by atoms with Gasteiger partial charge in [-0.2, -0.15) is 5.10 Å². The molecule has 0 N–H and O–H groups in total. The van der Waals surface area contributed by atoms with E-state index < -0.39 is 0 Å². The molecule has 0 saturated heterocycles. The predicted molar refractivity (Wildman–Crippen MR) is 136 cm³/mol. The lowest BCUT2D eigenvalue weighted by atomic mass is 9.77. The number of rotatable bonds is 3. The number of hydrogen-bond donors (Lipinski definition) is 0. The van der Waals surface area contributed by atoms with Crippen LogP contribution in [0, 0.1) is 5.92 Å². The van der Waals surface area contributed by atoms with Gasteiger partial charge in [-0.3, -0.25) is 4.79 Å². The second-order valence-electron chi connectivity index (χ2n) is 8.33. The number of halogens is 3. The monoisotopic (exact) mass is 494 g/mol. The van der Waals surface area contributed by atoms with E-state index in [1.165, 1.54) is 0 Å². The SMILES string of the molecule is O=C(c1ccccc1Cl)N1N=C2/C(=C/c3ccc(Cl)cc3)CCCC2C1c1ccc(Cl)cc1. The molecule has 0 bridgehead atoms. The molecule has 0 aromatic heterocycles. The Morgan fingerprint density at radius 3 is 2.27 bits per heavy atom. The molecular weight excluding hydrogens is 475 g/mol. The zero-order valence-corrected chi connectivity index (χ0v) is 20.0. The molecule has 5 rings (SSSR count). The highest BCUT2D eigenvalue weighted by Crippen LogP contribution is 2.45. The van der Waals surface area contributed by atoms with Crippen molar-refractivity contribution >= 4 is 52.5 Å². The molecule has 1 aliphatic carbocycles. The molecule has 2 unspecified atom stereocenters. The zero-order valence-electron chi connectivity index (χ0n) is 17.7. The van der Waals surface area contributed by atoms with Crippen LogP contribution < -0.4 is 0 Å². The summed E-state index contributed by atoms with van der Waals surface area (Å²) in [5.41, 5.74) is 4.65. The second kappa shape index (κ2) is 9.34. The molecule has 2 aliphatic rings. The van der Waals surface area contributed by atoms with Gasteiger partial charge in [0.05, 0.1) is 22.3 Å². The maximum Gasteiger partial charge on any atom is 0.276 e. The number of nitrogens with zero attached hydrogens (tertiary/aromatic N) is 2. The molecule has 33 heavy (non-hydrogen) atoms. The quantitative estimate of drug-likeness (QED) is 0.361. The highest BCUT2D eigenvalue weighted by molar-refractivity contribution is 6.34. The molecule has 0 radical (unpaired) electrons. The molecule has 6 heteroatoms. The van der Waals surface area contributed by atoms with Crippen molar-refractivity contribution in [1.29, 1.82) is 0 Å². The topological polar surface area (TPSA) is 32.7 Å². The normalized spacial score (nSPS) is 21.1. The van der Waals surface area contributed by atoms with E-state index in [4.69, 9.17) is 39.9 Å². The van der Waals surface area contributed by atoms with Crippen LogP contribution >= 0.6 is 34.8 Å². The van der Waals surface area contributed by atoms with Gasteiger partial charge in [-0.15, -0.1) is 0 Å². The Morgan fingerprint density at radius 2 is 1.58 bits per heavy atom. The number of hydrogen-bond acceptors (Lipinski definition) is 2. The van der Waals surface area contributed by atoms with Crippen LogP contribution in [0.2, 0.25) is 15.1 Å². The summed E-state index contributed by atoms with van der Waals surface area (Å²) in [6.07, 6.45) is 5.06. The molecule has 2 atom stereocenters. The van der Waals surface area contributed by atoms with Crippen LogP contribution in [0.1, 0.15) is 46.8 Å². The number of amides is 1. The van der Waals surface area contributed by atoms with Crippen LogP contribution in [-0.2, 0) is 0 Å². The van der Waals surface area contributed by atoms with Gasteiger partial charge in [0, 0.05) is 16.0 Å². The standard InChI is InChI=1S/C27H21Cl3N2O/c28-20-12-8-17(9-13-20)16-19-4-3-6-23-25(19)31-32(26(23)18-10-14-21(29)15-11-18)27(33)22-5-1-2-7-24(22)30/h1-2,5,7-16,23,26H,3-4,6H2/b19-16+. The van der Waals surface area contributed by atoms with E-state index in [-0.39, 0.29) is 17.9 Å². The van der Waals surface area contributed by atoms with Gasteiger partial charge in [-0.05, 0) is 78.4 Å². The number of fused-ring (bicyclic) bond motifs is 1. The Balaban J connectivity index is 1.59. The first kappa shape index (κ1) is 22.2. The van der Waals surface area contributed by atoms with E-state index in [1.54, 1.807) is 17.1 Å². The lowest BCUT2D eigenvalue weighted by Gasteiger charge is -2.30. The lowest BCUT2D eigenvalue weighted by Crippen LogP contribution is -2.32. The van der Waals surface area contributed by atoms with Crippen molar-refractivity contribution in [2.24, 2.45) is 11.0 Å². The van der Waals surface area contributed by atoms with Gasteiger partial charge in [0.2, 0.25) is 0 Å². The number of allylic oxidation sites excluding steroid dienone is 1. The molecule has 1 fully saturated rings. The fourth-order valence-electron chi connectivity index (χ4n) is 4.68. The van der Waals surface area contributed by atoms with Gasteiger partial charge >= 0.3 is 0 Å². The van der Waals surface area contributed by atoms with E-state index in [0.717, 1.165) is 41.7 Å². The number of carbonyl (C=O) groups is 1. The van der Waals surface area contributed by atoms with Crippen molar-refractivity contribution in [3.63, 3.8) is 0 Å². The maximum atomic E-state index is 13.6. The average Bonchev–Trinajstić information content (AvgIpc) is 3.22. The Hall–Kier alpha value is -2.59. The van der Waals surface area contributed by atoms with Crippen LogP contribution in [-0.4, -0.2) is 16.6 Å². The fraction of sp³-hybridized carbons (Fsp3) is 0.185. The average molecular weight is 496 g/mol. The summed E-state index contributed by atoms with van der Waals surface area (Å²) in [4.78, 5) is 13.6. The molecule has 1 heterocycles. The molecule has 1 saturated carbocycles. The van der Waals surface area contributed by atoms with Gasteiger partial charge in [-0.25, -0.2) is 5.01 Å². The molecule has 1 aliphatic heterocycles. The molecule has 1 amide bonds. The second-order valence-corrected chi connectivity index (χ2v) is 9.61.